The topological polar surface area (TPSA) is 63.6 Å². The van der Waals surface area contributed by atoms with E-state index in [9.17, 15) is 0 Å². The molecule has 0 bridgehead atoms. The summed E-state index contributed by atoms with van der Waals surface area (Å²) in [5, 5.41) is 12.8. The predicted molar refractivity (Wildman–Crippen MR) is 65.1 cm³/mol. The molecular formula is C9H11N5S2. The van der Waals surface area contributed by atoms with Crippen LogP contribution in [0.5, 0.6) is 0 Å². The first-order valence-electron chi connectivity index (χ1n) is 4.68. The summed E-state index contributed by atoms with van der Waals surface area (Å²) in [7, 11) is 1.80. The van der Waals surface area contributed by atoms with Gasteiger partial charge in [-0.25, -0.2) is 9.97 Å². The van der Waals surface area contributed by atoms with Gasteiger partial charge < -0.3 is 5.32 Å². The van der Waals surface area contributed by atoms with E-state index in [2.05, 4.69) is 25.5 Å². The van der Waals surface area contributed by atoms with E-state index >= 15 is 0 Å². The van der Waals surface area contributed by atoms with Crippen molar-refractivity contribution in [1.82, 2.24) is 20.2 Å². The van der Waals surface area contributed by atoms with Crippen LogP contribution >= 0.6 is 23.1 Å². The zero-order valence-corrected chi connectivity index (χ0v) is 10.8. The molecule has 0 saturated heterocycles. The molecule has 7 heteroatoms. The lowest BCUT2D eigenvalue weighted by Crippen LogP contribution is -1.98. The number of aromatic nitrogens is 4. The van der Waals surface area contributed by atoms with Crippen LogP contribution in [0.2, 0.25) is 0 Å². The van der Waals surface area contributed by atoms with Crippen molar-refractivity contribution in [2.24, 2.45) is 0 Å². The summed E-state index contributed by atoms with van der Waals surface area (Å²) in [6.07, 6.45) is 1.80. The summed E-state index contributed by atoms with van der Waals surface area (Å²) in [4.78, 5) is 8.51. The molecule has 0 aromatic carbocycles. The molecule has 2 heterocycles. The Bertz CT molecular complexity index is 496. The highest BCUT2D eigenvalue weighted by atomic mass is 32.2. The van der Waals surface area contributed by atoms with Gasteiger partial charge in [0.05, 0.1) is 0 Å². The molecule has 0 spiro atoms. The lowest BCUT2D eigenvalue weighted by atomic mass is 10.4. The van der Waals surface area contributed by atoms with E-state index in [0.29, 0.717) is 5.95 Å². The summed E-state index contributed by atoms with van der Waals surface area (Å²) < 4.78 is 0.904. The SMILES string of the molecule is CNc1ncc(C)c(Sc2nnc(C)s2)n1. The van der Waals surface area contributed by atoms with Gasteiger partial charge in [-0.05, 0) is 25.6 Å². The van der Waals surface area contributed by atoms with Crippen LogP contribution in [-0.4, -0.2) is 27.2 Å². The van der Waals surface area contributed by atoms with E-state index in [1.54, 1.807) is 24.6 Å². The van der Waals surface area contributed by atoms with Crippen molar-refractivity contribution in [3.8, 4) is 0 Å². The molecule has 0 radical (unpaired) electrons. The summed E-state index contributed by atoms with van der Waals surface area (Å²) in [5.74, 6) is 0.620. The Labute approximate surface area is 102 Å². The highest BCUT2D eigenvalue weighted by Gasteiger charge is 2.08. The van der Waals surface area contributed by atoms with Crippen molar-refractivity contribution in [3.05, 3.63) is 16.8 Å². The molecule has 2 aromatic rings. The molecule has 0 aliphatic heterocycles. The average molecular weight is 253 g/mol. The highest BCUT2D eigenvalue weighted by Crippen LogP contribution is 2.30. The number of hydrogen-bond donors (Lipinski definition) is 1. The maximum atomic E-state index is 4.37. The van der Waals surface area contributed by atoms with Crippen molar-refractivity contribution >= 4 is 29.0 Å². The van der Waals surface area contributed by atoms with Crippen LogP contribution in [-0.2, 0) is 0 Å². The molecule has 5 nitrogen and oxygen atoms in total. The summed E-state index contributed by atoms with van der Waals surface area (Å²) in [6, 6.07) is 0. The van der Waals surface area contributed by atoms with Gasteiger partial charge in [0.2, 0.25) is 5.95 Å². The smallest absolute Gasteiger partial charge is 0.223 e. The van der Waals surface area contributed by atoms with Crippen LogP contribution in [0.15, 0.2) is 15.6 Å². The number of aryl methyl sites for hydroxylation is 2. The molecular weight excluding hydrogens is 242 g/mol. The Kier molecular flexibility index (Phi) is 3.35. The van der Waals surface area contributed by atoms with Gasteiger partial charge in [-0.15, -0.1) is 10.2 Å². The highest BCUT2D eigenvalue weighted by molar-refractivity contribution is 8.01. The molecule has 1 N–H and O–H groups in total. The molecule has 0 aliphatic carbocycles. The average Bonchev–Trinajstić information content (AvgIpc) is 2.67. The third-order valence-corrected chi connectivity index (χ3v) is 3.84. The predicted octanol–water partition coefficient (Wildman–Crippen LogP) is 2.14. The van der Waals surface area contributed by atoms with Crippen LogP contribution in [0.3, 0.4) is 0 Å². The molecule has 0 unspecified atom stereocenters. The first-order valence-corrected chi connectivity index (χ1v) is 6.31. The number of hydrogen-bond acceptors (Lipinski definition) is 7. The zero-order valence-electron chi connectivity index (χ0n) is 9.18. The fourth-order valence-corrected chi connectivity index (χ4v) is 2.83. The minimum Gasteiger partial charge on any atom is -0.357 e. The Balaban J connectivity index is 2.26. The standard InChI is InChI=1S/C9H11N5S2/c1-5-4-11-8(10-3)12-7(5)16-9-14-13-6(2)15-9/h4H,1-3H3,(H,10,11,12). The summed E-state index contributed by atoms with van der Waals surface area (Å²) in [5.41, 5.74) is 1.04. The van der Waals surface area contributed by atoms with Gasteiger partial charge >= 0.3 is 0 Å². The van der Waals surface area contributed by atoms with Crippen LogP contribution < -0.4 is 5.32 Å². The third kappa shape index (κ3) is 2.48. The van der Waals surface area contributed by atoms with E-state index in [-0.39, 0.29) is 0 Å². The Morgan fingerprint density at radius 3 is 2.75 bits per heavy atom. The monoisotopic (exact) mass is 253 g/mol. The van der Waals surface area contributed by atoms with Crippen molar-refractivity contribution < 1.29 is 0 Å². The normalized spacial score (nSPS) is 10.4. The first kappa shape index (κ1) is 11.3. The first-order chi connectivity index (χ1) is 7.69. The number of rotatable bonds is 3. The Morgan fingerprint density at radius 1 is 1.31 bits per heavy atom. The van der Waals surface area contributed by atoms with E-state index in [0.717, 1.165) is 19.9 Å². The van der Waals surface area contributed by atoms with Gasteiger partial charge in [0.1, 0.15) is 10.0 Å². The summed E-state index contributed by atoms with van der Waals surface area (Å²) in [6.45, 7) is 3.92. The van der Waals surface area contributed by atoms with Gasteiger partial charge in [-0.2, -0.15) is 0 Å². The molecule has 84 valence electrons. The van der Waals surface area contributed by atoms with Gasteiger partial charge in [0.25, 0.3) is 0 Å². The lowest BCUT2D eigenvalue weighted by Gasteiger charge is -2.03. The largest absolute Gasteiger partial charge is 0.357 e. The van der Waals surface area contributed by atoms with Gasteiger partial charge in [-0.1, -0.05) is 11.3 Å². The molecule has 2 aromatic heterocycles. The lowest BCUT2D eigenvalue weighted by molar-refractivity contribution is 0.970. The van der Waals surface area contributed by atoms with Crippen molar-refractivity contribution in [3.63, 3.8) is 0 Å². The Morgan fingerprint density at radius 2 is 2.12 bits per heavy atom. The number of anilines is 1. The molecule has 0 atom stereocenters. The van der Waals surface area contributed by atoms with Gasteiger partial charge in [0, 0.05) is 18.8 Å². The minimum absolute atomic E-state index is 0.620. The molecule has 0 amide bonds. The maximum absolute atomic E-state index is 4.37. The fourth-order valence-electron chi connectivity index (χ4n) is 1.05. The maximum Gasteiger partial charge on any atom is 0.223 e. The van der Waals surface area contributed by atoms with Crippen LogP contribution in [0.4, 0.5) is 5.95 Å². The summed E-state index contributed by atoms with van der Waals surface area (Å²) >= 11 is 3.08. The van der Waals surface area contributed by atoms with Crippen LogP contribution in [0.25, 0.3) is 0 Å². The minimum atomic E-state index is 0.620. The third-order valence-electron chi connectivity index (χ3n) is 1.84. The molecule has 0 aliphatic rings. The van der Waals surface area contributed by atoms with Crippen LogP contribution in [0.1, 0.15) is 10.6 Å². The van der Waals surface area contributed by atoms with E-state index < -0.39 is 0 Å². The van der Waals surface area contributed by atoms with Crippen molar-refractivity contribution in [2.75, 3.05) is 12.4 Å². The van der Waals surface area contributed by atoms with Gasteiger partial charge in [0.15, 0.2) is 4.34 Å². The van der Waals surface area contributed by atoms with E-state index in [1.165, 1.54) is 11.8 Å². The van der Waals surface area contributed by atoms with Crippen LogP contribution in [0, 0.1) is 13.8 Å². The molecule has 0 saturated carbocycles. The van der Waals surface area contributed by atoms with E-state index in [1.807, 2.05) is 13.8 Å². The second-order valence-electron chi connectivity index (χ2n) is 3.12. The molecule has 16 heavy (non-hydrogen) atoms. The fraction of sp³-hybridized carbons (Fsp3) is 0.333. The van der Waals surface area contributed by atoms with Crippen molar-refractivity contribution in [1.29, 1.82) is 0 Å². The number of nitrogens with zero attached hydrogens (tertiary/aromatic N) is 4. The quantitative estimate of drug-likeness (QED) is 0.845. The number of nitrogens with one attached hydrogen (secondary N) is 1. The van der Waals surface area contributed by atoms with E-state index in [4.69, 9.17) is 0 Å². The zero-order chi connectivity index (χ0) is 11.5. The second-order valence-corrected chi connectivity index (χ2v) is 5.54. The van der Waals surface area contributed by atoms with Gasteiger partial charge in [-0.3, -0.25) is 0 Å². The van der Waals surface area contributed by atoms with Crippen molar-refractivity contribution in [2.45, 2.75) is 23.2 Å². The Hall–Kier alpha value is -1.21. The second kappa shape index (κ2) is 4.75. The molecule has 0 fully saturated rings. The molecule has 2 rings (SSSR count).